The van der Waals surface area contributed by atoms with Crippen molar-refractivity contribution in [3.63, 3.8) is 0 Å². The van der Waals surface area contributed by atoms with Crippen molar-refractivity contribution in [2.24, 2.45) is 5.92 Å². The first-order valence-electron chi connectivity index (χ1n) is 5.15. The van der Waals surface area contributed by atoms with E-state index in [0.717, 1.165) is 10.4 Å². The highest BCUT2D eigenvalue weighted by molar-refractivity contribution is 9.10. The number of pyridine rings is 1. The average Bonchev–Trinajstić information content (AvgIpc) is 2.23. The Morgan fingerprint density at radius 3 is 2.93 bits per heavy atom. The van der Waals surface area contributed by atoms with Gasteiger partial charge in [0.25, 0.3) is 0 Å². The third-order valence-corrected chi connectivity index (χ3v) is 3.54. The summed E-state index contributed by atoms with van der Waals surface area (Å²) in [6.07, 6.45) is 7.55. The van der Waals surface area contributed by atoms with Crippen molar-refractivity contribution >= 4 is 15.9 Å². The molecule has 1 saturated heterocycles. The van der Waals surface area contributed by atoms with Gasteiger partial charge in [0.05, 0.1) is 0 Å². The van der Waals surface area contributed by atoms with Gasteiger partial charge in [-0.1, -0.05) is 0 Å². The van der Waals surface area contributed by atoms with Crippen LogP contribution in [-0.2, 0) is 6.42 Å². The number of hydrogen-bond donors (Lipinski definition) is 1. The maximum Gasteiger partial charge on any atom is 0.0412 e. The first-order valence-corrected chi connectivity index (χ1v) is 5.94. The molecule has 0 atom stereocenters. The molecule has 0 unspecified atom stereocenters. The predicted molar refractivity (Wildman–Crippen MR) is 61.2 cm³/mol. The molecule has 0 radical (unpaired) electrons. The molecule has 0 amide bonds. The molecule has 2 heterocycles. The molecule has 0 saturated carbocycles. The summed E-state index contributed by atoms with van der Waals surface area (Å²) in [6.45, 7) is 2.35. The molecule has 2 nitrogen and oxygen atoms in total. The van der Waals surface area contributed by atoms with Crippen LogP contribution in [0.4, 0.5) is 0 Å². The van der Waals surface area contributed by atoms with Crippen molar-refractivity contribution in [3.8, 4) is 0 Å². The van der Waals surface area contributed by atoms with Gasteiger partial charge < -0.3 is 5.32 Å². The molecule has 0 aromatic carbocycles. The van der Waals surface area contributed by atoms with Crippen LogP contribution in [0.3, 0.4) is 0 Å². The van der Waals surface area contributed by atoms with Crippen LogP contribution in [0.25, 0.3) is 0 Å². The second-order valence-electron chi connectivity index (χ2n) is 3.86. The van der Waals surface area contributed by atoms with E-state index in [4.69, 9.17) is 0 Å². The average molecular weight is 255 g/mol. The SMILES string of the molecule is Brc1cnccc1CC1CCNCC1. The van der Waals surface area contributed by atoms with Gasteiger partial charge in [0.1, 0.15) is 0 Å². The minimum Gasteiger partial charge on any atom is -0.317 e. The number of aromatic nitrogens is 1. The van der Waals surface area contributed by atoms with Crippen molar-refractivity contribution in [1.82, 2.24) is 10.3 Å². The van der Waals surface area contributed by atoms with Crippen molar-refractivity contribution in [2.75, 3.05) is 13.1 Å². The van der Waals surface area contributed by atoms with Gasteiger partial charge in [-0.15, -0.1) is 0 Å². The van der Waals surface area contributed by atoms with Crippen molar-refractivity contribution < 1.29 is 0 Å². The maximum atomic E-state index is 4.08. The molecule has 1 aliphatic heterocycles. The Kier molecular flexibility index (Phi) is 3.54. The fraction of sp³-hybridized carbons (Fsp3) is 0.545. The van der Waals surface area contributed by atoms with Gasteiger partial charge in [0.15, 0.2) is 0 Å². The second-order valence-corrected chi connectivity index (χ2v) is 4.72. The van der Waals surface area contributed by atoms with E-state index >= 15 is 0 Å². The highest BCUT2D eigenvalue weighted by Gasteiger charge is 2.14. The molecule has 2 rings (SSSR count). The van der Waals surface area contributed by atoms with E-state index in [1.165, 1.54) is 37.9 Å². The first kappa shape index (κ1) is 10.1. The highest BCUT2D eigenvalue weighted by Crippen LogP contribution is 2.22. The molecule has 14 heavy (non-hydrogen) atoms. The van der Waals surface area contributed by atoms with Crippen molar-refractivity contribution in [3.05, 3.63) is 28.5 Å². The van der Waals surface area contributed by atoms with E-state index in [9.17, 15) is 0 Å². The van der Waals surface area contributed by atoms with Gasteiger partial charge >= 0.3 is 0 Å². The number of nitrogens with zero attached hydrogens (tertiary/aromatic N) is 1. The lowest BCUT2D eigenvalue weighted by atomic mass is 9.91. The van der Waals surface area contributed by atoms with Crippen LogP contribution in [0, 0.1) is 5.92 Å². The molecular weight excluding hydrogens is 240 g/mol. The van der Waals surface area contributed by atoms with Gasteiger partial charge in [-0.2, -0.15) is 0 Å². The lowest BCUT2D eigenvalue weighted by Crippen LogP contribution is -2.28. The van der Waals surface area contributed by atoms with Gasteiger partial charge in [0.2, 0.25) is 0 Å². The fourth-order valence-corrected chi connectivity index (χ4v) is 2.38. The number of nitrogens with one attached hydrogen (secondary N) is 1. The summed E-state index contributed by atoms with van der Waals surface area (Å²) in [5.41, 5.74) is 1.40. The molecule has 76 valence electrons. The van der Waals surface area contributed by atoms with E-state index in [1.807, 2.05) is 12.4 Å². The Bertz CT molecular complexity index is 295. The normalized spacial score (nSPS) is 18.4. The molecule has 1 aromatic rings. The van der Waals surface area contributed by atoms with Crippen molar-refractivity contribution in [2.45, 2.75) is 19.3 Å². The van der Waals surface area contributed by atoms with Crippen LogP contribution < -0.4 is 5.32 Å². The number of halogens is 1. The van der Waals surface area contributed by atoms with Crippen LogP contribution in [0.5, 0.6) is 0 Å². The maximum absolute atomic E-state index is 4.08. The lowest BCUT2D eigenvalue weighted by Gasteiger charge is -2.22. The quantitative estimate of drug-likeness (QED) is 0.877. The lowest BCUT2D eigenvalue weighted by molar-refractivity contribution is 0.372. The third-order valence-electron chi connectivity index (χ3n) is 2.82. The molecule has 1 aromatic heterocycles. The minimum atomic E-state index is 0.843. The summed E-state index contributed by atoms with van der Waals surface area (Å²) in [4.78, 5) is 4.08. The van der Waals surface area contributed by atoms with Gasteiger partial charge in [-0.25, -0.2) is 0 Å². The molecule has 1 N–H and O–H groups in total. The summed E-state index contributed by atoms with van der Waals surface area (Å²) in [5, 5.41) is 3.39. The van der Waals surface area contributed by atoms with E-state index in [1.54, 1.807) is 0 Å². The van der Waals surface area contributed by atoms with E-state index in [0.29, 0.717) is 0 Å². The standard InChI is InChI=1S/C11H15BrN2/c12-11-8-14-6-3-10(11)7-9-1-4-13-5-2-9/h3,6,8-9,13H,1-2,4-5,7H2. The third kappa shape index (κ3) is 2.55. The van der Waals surface area contributed by atoms with Crippen molar-refractivity contribution in [1.29, 1.82) is 0 Å². The molecule has 0 spiro atoms. The minimum absolute atomic E-state index is 0.843. The highest BCUT2D eigenvalue weighted by atomic mass is 79.9. The fourth-order valence-electron chi connectivity index (χ4n) is 1.97. The Hall–Kier alpha value is -0.410. The van der Waals surface area contributed by atoms with Crippen LogP contribution >= 0.6 is 15.9 Å². The summed E-state index contributed by atoms with van der Waals surface area (Å²) in [5.74, 6) is 0.843. The monoisotopic (exact) mass is 254 g/mol. The zero-order valence-corrected chi connectivity index (χ0v) is 9.76. The number of hydrogen-bond acceptors (Lipinski definition) is 2. The van der Waals surface area contributed by atoms with Gasteiger partial charge in [-0.05, 0) is 65.8 Å². The first-order chi connectivity index (χ1) is 6.86. The Balaban J connectivity index is 1.99. The van der Waals surface area contributed by atoms with E-state index < -0.39 is 0 Å². The summed E-state index contributed by atoms with van der Waals surface area (Å²) < 4.78 is 1.15. The van der Waals surface area contributed by atoms with E-state index in [-0.39, 0.29) is 0 Å². The zero-order valence-electron chi connectivity index (χ0n) is 8.17. The van der Waals surface area contributed by atoms with Gasteiger partial charge in [0, 0.05) is 16.9 Å². The Morgan fingerprint density at radius 2 is 2.21 bits per heavy atom. The summed E-state index contributed by atoms with van der Waals surface area (Å²) in [6, 6.07) is 2.12. The van der Waals surface area contributed by atoms with Crippen LogP contribution in [0.15, 0.2) is 22.9 Å². The van der Waals surface area contributed by atoms with Crippen LogP contribution in [0.1, 0.15) is 18.4 Å². The molecule has 0 bridgehead atoms. The molecular formula is C11H15BrN2. The molecule has 3 heteroatoms. The summed E-state index contributed by atoms with van der Waals surface area (Å²) >= 11 is 3.54. The zero-order chi connectivity index (χ0) is 9.80. The molecule has 1 aliphatic rings. The van der Waals surface area contributed by atoms with Crippen LogP contribution in [0.2, 0.25) is 0 Å². The predicted octanol–water partition coefficient (Wildman–Crippen LogP) is 2.39. The van der Waals surface area contributed by atoms with Gasteiger partial charge in [-0.3, -0.25) is 4.98 Å². The largest absolute Gasteiger partial charge is 0.317 e. The Morgan fingerprint density at radius 1 is 1.43 bits per heavy atom. The molecule has 0 aliphatic carbocycles. The Labute approximate surface area is 93.3 Å². The van der Waals surface area contributed by atoms with E-state index in [2.05, 4.69) is 32.3 Å². The van der Waals surface area contributed by atoms with Crippen LogP contribution in [-0.4, -0.2) is 18.1 Å². The topological polar surface area (TPSA) is 24.9 Å². The summed E-state index contributed by atoms with van der Waals surface area (Å²) in [7, 11) is 0. The smallest absolute Gasteiger partial charge is 0.0412 e. The second kappa shape index (κ2) is 4.89. The number of piperidine rings is 1. The number of rotatable bonds is 2. The molecule has 1 fully saturated rings.